The van der Waals surface area contributed by atoms with Crippen LogP contribution in [0.3, 0.4) is 0 Å². The first-order valence-corrected chi connectivity index (χ1v) is 8.07. The van der Waals surface area contributed by atoms with E-state index < -0.39 is 9.84 Å². The van der Waals surface area contributed by atoms with Crippen LogP contribution in [-0.4, -0.2) is 50.6 Å². The van der Waals surface area contributed by atoms with Crippen LogP contribution in [-0.2, 0) is 14.6 Å². The summed E-state index contributed by atoms with van der Waals surface area (Å²) in [6.07, 6.45) is 2.72. The SMILES string of the molecule is C=CCOC(=O)N1CC(C2CCS(=O)(=O)CC2)C1. The third-order valence-electron chi connectivity index (χ3n) is 3.76. The summed E-state index contributed by atoms with van der Waals surface area (Å²) < 4.78 is 27.6. The third-order valence-corrected chi connectivity index (χ3v) is 5.47. The van der Waals surface area contributed by atoms with Crippen molar-refractivity contribution in [3.05, 3.63) is 12.7 Å². The molecule has 102 valence electrons. The van der Waals surface area contributed by atoms with Gasteiger partial charge in [0, 0.05) is 13.1 Å². The zero-order valence-corrected chi connectivity index (χ0v) is 11.2. The molecule has 0 aromatic heterocycles. The minimum absolute atomic E-state index is 0.238. The van der Waals surface area contributed by atoms with E-state index in [1.165, 1.54) is 0 Å². The number of ether oxygens (including phenoxy) is 1. The van der Waals surface area contributed by atoms with Crippen LogP contribution >= 0.6 is 0 Å². The highest BCUT2D eigenvalue weighted by Gasteiger charge is 2.39. The molecule has 2 heterocycles. The van der Waals surface area contributed by atoms with Crippen molar-refractivity contribution in [2.45, 2.75) is 12.8 Å². The summed E-state index contributed by atoms with van der Waals surface area (Å²) in [6.45, 7) is 5.11. The van der Waals surface area contributed by atoms with Crippen molar-refractivity contribution in [1.29, 1.82) is 0 Å². The highest BCUT2D eigenvalue weighted by Crippen LogP contribution is 2.32. The van der Waals surface area contributed by atoms with Crippen LogP contribution in [0.1, 0.15) is 12.8 Å². The standard InChI is InChI=1S/C12H19NO4S/c1-2-5-17-12(14)13-8-11(9-13)10-3-6-18(15,16)7-4-10/h2,10-11H,1,3-9H2. The van der Waals surface area contributed by atoms with Crippen molar-refractivity contribution >= 4 is 15.9 Å². The number of hydrogen-bond acceptors (Lipinski definition) is 4. The Labute approximate surface area is 108 Å². The number of likely N-dealkylation sites (tertiary alicyclic amines) is 1. The molecule has 0 aliphatic carbocycles. The number of carbonyl (C=O) groups is 1. The van der Waals surface area contributed by atoms with E-state index in [0.29, 0.717) is 36.4 Å². The molecule has 2 rings (SSSR count). The largest absolute Gasteiger partial charge is 0.445 e. The van der Waals surface area contributed by atoms with Gasteiger partial charge in [0.05, 0.1) is 11.5 Å². The Morgan fingerprint density at radius 2 is 1.89 bits per heavy atom. The van der Waals surface area contributed by atoms with Gasteiger partial charge in [-0.2, -0.15) is 0 Å². The highest BCUT2D eigenvalue weighted by molar-refractivity contribution is 7.91. The molecule has 5 nitrogen and oxygen atoms in total. The second kappa shape index (κ2) is 5.30. The van der Waals surface area contributed by atoms with Crippen LogP contribution in [0.15, 0.2) is 12.7 Å². The first-order valence-electron chi connectivity index (χ1n) is 6.25. The number of rotatable bonds is 3. The Hall–Kier alpha value is -1.04. The molecule has 18 heavy (non-hydrogen) atoms. The van der Waals surface area contributed by atoms with Gasteiger partial charge in [0.1, 0.15) is 16.4 Å². The molecule has 0 atom stereocenters. The van der Waals surface area contributed by atoms with Gasteiger partial charge in [-0.15, -0.1) is 0 Å². The molecule has 0 spiro atoms. The van der Waals surface area contributed by atoms with Crippen LogP contribution in [0, 0.1) is 11.8 Å². The van der Waals surface area contributed by atoms with Gasteiger partial charge in [0.2, 0.25) is 0 Å². The molecule has 0 unspecified atom stereocenters. The summed E-state index contributed by atoms with van der Waals surface area (Å²) in [4.78, 5) is 13.1. The average Bonchev–Trinajstić information content (AvgIpc) is 2.26. The predicted molar refractivity (Wildman–Crippen MR) is 68.0 cm³/mol. The van der Waals surface area contributed by atoms with E-state index in [2.05, 4.69) is 6.58 Å². The molecular formula is C12H19NO4S. The van der Waals surface area contributed by atoms with Crippen LogP contribution < -0.4 is 0 Å². The quantitative estimate of drug-likeness (QED) is 0.721. The van der Waals surface area contributed by atoms with Gasteiger partial charge in [-0.3, -0.25) is 0 Å². The maximum Gasteiger partial charge on any atom is 0.410 e. The lowest BCUT2D eigenvalue weighted by atomic mass is 9.82. The van der Waals surface area contributed by atoms with E-state index in [9.17, 15) is 13.2 Å². The summed E-state index contributed by atoms with van der Waals surface area (Å²) in [7, 11) is -2.79. The molecule has 0 aromatic carbocycles. The Kier molecular flexibility index (Phi) is 3.94. The van der Waals surface area contributed by atoms with Crippen molar-refractivity contribution in [3.63, 3.8) is 0 Å². The average molecular weight is 273 g/mol. The van der Waals surface area contributed by atoms with E-state index in [1.807, 2.05) is 0 Å². The van der Waals surface area contributed by atoms with Crippen molar-refractivity contribution in [2.75, 3.05) is 31.2 Å². The lowest BCUT2D eigenvalue weighted by Gasteiger charge is -2.43. The Bertz CT molecular complexity index is 411. The van der Waals surface area contributed by atoms with Gasteiger partial charge in [-0.1, -0.05) is 12.7 Å². The second-order valence-electron chi connectivity index (χ2n) is 5.02. The molecule has 2 aliphatic rings. The van der Waals surface area contributed by atoms with Gasteiger partial charge >= 0.3 is 6.09 Å². The molecule has 2 aliphatic heterocycles. The Balaban J connectivity index is 1.73. The zero-order valence-electron chi connectivity index (χ0n) is 10.4. The zero-order chi connectivity index (χ0) is 13.2. The third kappa shape index (κ3) is 3.04. The van der Waals surface area contributed by atoms with E-state index in [-0.39, 0.29) is 12.7 Å². The summed E-state index contributed by atoms with van der Waals surface area (Å²) in [6, 6.07) is 0. The molecule has 6 heteroatoms. The number of sulfone groups is 1. The topological polar surface area (TPSA) is 63.7 Å². The Morgan fingerprint density at radius 3 is 2.44 bits per heavy atom. The highest BCUT2D eigenvalue weighted by atomic mass is 32.2. The molecule has 0 aromatic rings. The lowest BCUT2D eigenvalue weighted by molar-refractivity contribution is 0.0364. The number of nitrogens with zero attached hydrogens (tertiary/aromatic N) is 1. The molecule has 2 fully saturated rings. The fourth-order valence-electron chi connectivity index (χ4n) is 2.56. The molecule has 0 N–H and O–H groups in total. The van der Waals surface area contributed by atoms with Crippen LogP contribution in [0.5, 0.6) is 0 Å². The van der Waals surface area contributed by atoms with Gasteiger partial charge < -0.3 is 9.64 Å². The van der Waals surface area contributed by atoms with Crippen molar-refractivity contribution in [3.8, 4) is 0 Å². The first kappa shape index (κ1) is 13.4. The van der Waals surface area contributed by atoms with E-state index >= 15 is 0 Å². The maximum atomic E-state index is 11.5. The van der Waals surface area contributed by atoms with E-state index in [1.54, 1.807) is 11.0 Å². The normalized spacial score (nSPS) is 24.3. The summed E-state index contributed by atoms with van der Waals surface area (Å²) in [5.41, 5.74) is 0. The molecule has 1 amide bonds. The monoisotopic (exact) mass is 273 g/mol. The minimum atomic E-state index is -2.79. The minimum Gasteiger partial charge on any atom is -0.445 e. The molecule has 2 saturated heterocycles. The summed E-state index contributed by atoms with van der Waals surface area (Å²) >= 11 is 0. The molecule has 0 saturated carbocycles. The summed E-state index contributed by atoms with van der Waals surface area (Å²) in [5, 5.41) is 0. The van der Waals surface area contributed by atoms with Crippen LogP contribution in [0.25, 0.3) is 0 Å². The van der Waals surface area contributed by atoms with Crippen LogP contribution in [0.4, 0.5) is 4.79 Å². The first-order chi connectivity index (χ1) is 8.52. The molecular weight excluding hydrogens is 254 g/mol. The van der Waals surface area contributed by atoms with Crippen molar-refractivity contribution in [1.82, 2.24) is 4.90 Å². The van der Waals surface area contributed by atoms with Gasteiger partial charge in [-0.05, 0) is 24.7 Å². The van der Waals surface area contributed by atoms with Crippen molar-refractivity contribution < 1.29 is 17.9 Å². The Morgan fingerprint density at radius 1 is 1.28 bits per heavy atom. The summed E-state index contributed by atoms with van der Waals surface area (Å²) in [5.74, 6) is 1.48. The number of carbonyl (C=O) groups excluding carboxylic acids is 1. The number of amides is 1. The smallest absolute Gasteiger partial charge is 0.410 e. The molecule has 0 bridgehead atoms. The second-order valence-corrected chi connectivity index (χ2v) is 7.32. The van der Waals surface area contributed by atoms with Gasteiger partial charge in [0.15, 0.2) is 0 Å². The fourth-order valence-corrected chi connectivity index (χ4v) is 4.09. The maximum absolute atomic E-state index is 11.5. The predicted octanol–water partition coefficient (Wildman–Crippen LogP) is 1.07. The van der Waals surface area contributed by atoms with E-state index in [4.69, 9.17) is 4.74 Å². The van der Waals surface area contributed by atoms with Gasteiger partial charge in [0.25, 0.3) is 0 Å². The van der Waals surface area contributed by atoms with E-state index in [0.717, 1.165) is 12.8 Å². The lowest BCUT2D eigenvalue weighted by Crippen LogP contribution is -2.53. The molecule has 0 radical (unpaired) electrons. The fraction of sp³-hybridized carbons (Fsp3) is 0.750. The van der Waals surface area contributed by atoms with Gasteiger partial charge in [-0.25, -0.2) is 13.2 Å². The van der Waals surface area contributed by atoms with Crippen molar-refractivity contribution in [2.24, 2.45) is 11.8 Å². The van der Waals surface area contributed by atoms with Crippen LogP contribution in [0.2, 0.25) is 0 Å². The number of hydrogen-bond donors (Lipinski definition) is 0.